The first-order chi connectivity index (χ1) is 34.5. The second kappa shape index (κ2) is 28.3. The third-order valence-electron chi connectivity index (χ3n) is 15.9. The number of cyclic esters (lactones) is 1. The number of piperidine rings is 1. The minimum Gasteiger partial charge on any atom is -0.460 e. The van der Waals surface area contributed by atoms with Crippen LogP contribution in [0.5, 0.6) is 0 Å². The standard InChI is InChI=1S/C56H87NO16/c1-33-17-13-12-14-18-34(2)45(68-9)29-41-22-20-39(7)56(67,73-41)51(63)52(64)57-24-16-15-19-42(57)53(65)71-46(30-43(60)35(3)26-38(6)49(62)50(70-11)48(61)37(5)25-33)36(4)27-40-21-23-44(47(28-40)69-10)72-54(66)55(8,31-58)32-59/h12-14,17-18,26,33,35-37,39-42,44-47,49-50,58-59,62,67H,15-16,19-25,27-32H2,1-11H3/b14-12+,17-13+,34-18+,38-26-/t33-,35-,36-,37-,39-,40+,41+,42+,44-,45+,46+,47-,49-,50+,56-/m1/s1. The molecule has 4 aliphatic rings. The van der Waals surface area contributed by atoms with Gasteiger partial charge in [0.15, 0.2) is 5.78 Å². The molecule has 4 rings (SSSR count). The van der Waals surface area contributed by atoms with Crippen molar-refractivity contribution in [1.82, 2.24) is 4.90 Å². The number of nitrogens with zero attached hydrogens (tertiary/aromatic N) is 1. The zero-order chi connectivity index (χ0) is 54.4. The van der Waals surface area contributed by atoms with Gasteiger partial charge < -0.3 is 53.7 Å². The molecule has 15 atom stereocenters. The number of ketones is 3. The van der Waals surface area contributed by atoms with Gasteiger partial charge in [0.1, 0.15) is 41.7 Å². The van der Waals surface area contributed by atoms with Gasteiger partial charge in [0, 0.05) is 58.5 Å². The Morgan fingerprint density at radius 2 is 1.56 bits per heavy atom. The highest BCUT2D eigenvalue weighted by atomic mass is 16.6. The number of hydrogen-bond donors (Lipinski definition) is 4. The predicted molar refractivity (Wildman–Crippen MR) is 271 cm³/mol. The van der Waals surface area contributed by atoms with Crippen LogP contribution in [0.3, 0.4) is 0 Å². The monoisotopic (exact) mass is 1030 g/mol. The lowest BCUT2D eigenvalue weighted by Gasteiger charge is -2.42. The molecule has 0 aromatic carbocycles. The van der Waals surface area contributed by atoms with E-state index in [1.165, 1.54) is 21.1 Å². The highest BCUT2D eigenvalue weighted by Crippen LogP contribution is 2.38. The third kappa shape index (κ3) is 16.0. The van der Waals surface area contributed by atoms with Crippen molar-refractivity contribution in [1.29, 1.82) is 0 Å². The molecule has 412 valence electrons. The summed E-state index contributed by atoms with van der Waals surface area (Å²) in [5.41, 5.74) is -0.277. The molecule has 3 heterocycles. The fourth-order valence-corrected chi connectivity index (χ4v) is 10.7. The normalized spacial score (nSPS) is 37.4. The van der Waals surface area contributed by atoms with Gasteiger partial charge in [-0.15, -0.1) is 0 Å². The van der Waals surface area contributed by atoms with Gasteiger partial charge in [0.2, 0.25) is 5.79 Å². The minimum absolute atomic E-state index is 0.00697. The van der Waals surface area contributed by atoms with E-state index in [9.17, 15) is 49.2 Å². The van der Waals surface area contributed by atoms with Crippen LogP contribution in [0.15, 0.2) is 47.6 Å². The molecule has 73 heavy (non-hydrogen) atoms. The first kappa shape index (κ1) is 61.6. The number of esters is 2. The maximum Gasteiger partial charge on any atom is 0.329 e. The molecule has 0 unspecified atom stereocenters. The highest BCUT2D eigenvalue weighted by molar-refractivity contribution is 6.39. The van der Waals surface area contributed by atoms with E-state index < -0.39 is 120 Å². The van der Waals surface area contributed by atoms with Crippen LogP contribution in [-0.2, 0) is 57.2 Å². The number of carbonyl (C=O) groups excluding carboxylic acids is 6. The molecule has 1 amide bonds. The maximum absolute atomic E-state index is 14.5. The van der Waals surface area contributed by atoms with Gasteiger partial charge >= 0.3 is 11.9 Å². The number of aliphatic hydroxyl groups excluding tert-OH is 3. The fraction of sp³-hybridized carbons (Fsp3) is 0.750. The molecular formula is C56H87NO16. The first-order valence-corrected chi connectivity index (χ1v) is 26.4. The summed E-state index contributed by atoms with van der Waals surface area (Å²) in [6.45, 7) is 12.7. The molecule has 0 spiro atoms. The number of methoxy groups -OCH3 is 3. The SMILES string of the molecule is CO[C@H]1C[C@@H]2CC[C@@H](C)[C@@](O)(O2)C(=O)C(=O)N2CCCC[C@H]2C(=O)O[C@H]([C@H](C)C[C@@H]2CC[C@@H](OC(=O)C(C)(CO)CO)[C@H](OC)C2)CC(=O)[C@H](C)/C=C(/C)[C@@H](O)[C@@H](OC)C(=O)[C@H](C)C[C@H](C)/C=C/C=C/C=C/1C. The van der Waals surface area contributed by atoms with Crippen LogP contribution in [0.1, 0.15) is 132 Å². The van der Waals surface area contributed by atoms with Gasteiger partial charge in [-0.1, -0.05) is 71.1 Å². The number of Topliss-reactive ketones (excluding diaryl/α,β-unsaturated/α-hetero) is 3. The Kier molecular flexibility index (Phi) is 23.9. The Morgan fingerprint density at radius 1 is 0.863 bits per heavy atom. The lowest BCUT2D eigenvalue weighted by molar-refractivity contribution is -0.265. The van der Waals surface area contributed by atoms with Crippen molar-refractivity contribution in [2.24, 2.45) is 40.9 Å². The number of amides is 1. The first-order valence-electron chi connectivity index (χ1n) is 26.4. The molecule has 3 fully saturated rings. The van der Waals surface area contributed by atoms with Gasteiger partial charge in [-0.2, -0.15) is 0 Å². The molecular weight excluding hydrogens is 943 g/mol. The molecule has 17 heteroatoms. The predicted octanol–water partition coefficient (Wildman–Crippen LogP) is 5.72. The van der Waals surface area contributed by atoms with Crippen molar-refractivity contribution in [3.63, 3.8) is 0 Å². The number of hydrogen-bond acceptors (Lipinski definition) is 16. The maximum atomic E-state index is 14.5. The molecule has 0 radical (unpaired) electrons. The number of ether oxygens (including phenoxy) is 6. The van der Waals surface area contributed by atoms with E-state index in [2.05, 4.69) is 0 Å². The largest absolute Gasteiger partial charge is 0.460 e. The number of fused-ring (bicyclic) bond motifs is 3. The summed E-state index contributed by atoms with van der Waals surface area (Å²) in [5, 5.41) is 43.1. The van der Waals surface area contributed by atoms with E-state index >= 15 is 0 Å². The van der Waals surface area contributed by atoms with E-state index in [1.807, 2.05) is 51.2 Å². The second-order valence-corrected chi connectivity index (χ2v) is 21.8. The lowest BCUT2D eigenvalue weighted by Crippen LogP contribution is -2.61. The van der Waals surface area contributed by atoms with Crippen LogP contribution >= 0.6 is 0 Å². The van der Waals surface area contributed by atoms with E-state index in [1.54, 1.807) is 40.9 Å². The van der Waals surface area contributed by atoms with Gasteiger partial charge in [-0.3, -0.25) is 24.0 Å². The minimum atomic E-state index is -2.47. The van der Waals surface area contributed by atoms with Gasteiger partial charge in [-0.05, 0) is 114 Å². The van der Waals surface area contributed by atoms with Crippen LogP contribution in [0.25, 0.3) is 0 Å². The van der Waals surface area contributed by atoms with Crippen molar-refractivity contribution in [2.45, 2.75) is 187 Å². The van der Waals surface area contributed by atoms with Crippen LogP contribution in [-0.4, -0.2) is 156 Å². The molecule has 2 saturated heterocycles. The summed E-state index contributed by atoms with van der Waals surface area (Å²) in [4.78, 5) is 85.4. The van der Waals surface area contributed by atoms with E-state index in [0.29, 0.717) is 69.8 Å². The average Bonchev–Trinajstić information content (AvgIpc) is 3.37. The van der Waals surface area contributed by atoms with Crippen LogP contribution in [0.2, 0.25) is 0 Å². The Morgan fingerprint density at radius 3 is 2.21 bits per heavy atom. The van der Waals surface area contributed by atoms with E-state index in [0.717, 1.165) is 10.5 Å². The van der Waals surface area contributed by atoms with Crippen LogP contribution < -0.4 is 0 Å². The van der Waals surface area contributed by atoms with Crippen molar-refractivity contribution in [2.75, 3.05) is 41.1 Å². The summed E-state index contributed by atoms with van der Waals surface area (Å²) in [7, 11) is 4.43. The Hall–Kier alpha value is -3.94. The second-order valence-electron chi connectivity index (χ2n) is 21.8. The number of aliphatic hydroxyl groups is 4. The Bertz CT molecular complexity index is 2010. The summed E-state index contributed by atoms with van der Waals surface area (Å²) >= 11 is 0. The lowest BCUT2D eigenvalue weighted by atomic mass is 9.78. The van der Waals surface area contributed by atoms with Gasteiger partial charge in [0.25, 0.3) is 11.7 Å². The Labute approximate surface area is 433 Å². The average molecular weight is 1030 g/mol. The number of allylic oxidation sites excluding steroid dienone is 6. The molecule has 17 nitrogen and oxygen atoms in total. The molecule has 1 saturated carbocycles. The Balaban J connectivity index is 1.69. The smallest absolute Gasteiger partial charge is 0.329 e. The summed E-state index contributed by atoms with van der Waals surface area (Å²) in [5.74, 6) is -9.36. The molecule has 2 bridgehead atoms. The van der Waals surface area contributed by atoms with Crippen LogP contribution in [0, 0.1) is 40.9 Å². The highest BCUT2D eigenvalue weighted by Gasteiger charge is 2.53. The summed E-state index contributed by atoms with van der Waals surface area (Å²) in [6, 6.07) is -1.20. The third-order valence-corrected chi connectivity index (χ3v) is 15.9. The molecule has 1 aliphatic carbocycles. The quantitative estimate of drug-likeness (QED) is 0.116. The molecule has 3 aliphatic heterocycles. The molecule has 0 aromatic heterocycles. The zero-order valence-corrected chi connectivity index (χ0v) is 45.3. The van der Waals surface area contributed by atoms with Crippen molar-refractivity contribution in [3.8, 4) is 0 Å². The fourth-order valence-electron chi connectivity index (χ4n) is 10.7. The van der Waals surface area contributed by atoms with Crippen molar-refractivity contribution in [3.05, 3.63) is 47.6 Å². The number of carbonyl (C=O) groups is 6. The molecule has 4 N–H and O–H groups in total. The van der Waals surface area contributed by atoms with E-state index in [-0.39, 0.29) is 42.8 Å². The summed E-state index contributed by atoms with van der Waals surface area (Å²) < 4.78 is 35.4. The van der Waals surface area contributed by atoms with Crippen molar-refractivity contribution >= 4 is 35.2 Å². The zero-order valence-electron chi connectivity index (χ0n) is 45.3. The molecule has 0 aromatic rings. The van der Waals surface area contributed by atoms with Crippen LogP contribution in [0.4, 0.5) is 0 Å². The summed E-state index contributed by atoms with van der Waals surface area (Å²) in [6.07, 6.45) is 9.76. The topological polar surface area (TPSA) is 242 Å². The van der Waals surface area contributed by atoms with E-state index in [4.69, 9.17) is 28.4 Å². The van der Waals surface area contributed by atoms with Gasteiger partial charge in [0.05, 0.1) is 31.5 Å². The number of rotatable bonds is 10. The van der Waals surface area contributed by atoms with Gasteiger partial charge in [-0.25, -0.2) is 4.79 Å². The van der Waals surface area contributed by atoms with Crippen molar-refractivity contribution < 1.29 is 77.6 Å².